The van der Waals surface area contributed by atoms with Crippen LogP contribution in [-0.2, 0) is 20.9 Å². The lowest BCUT2D eigenvalue weighted by Crippen LogP contribution is -2.60. The zero-order valence-corrected chi connectivity index (χ0v) is 28.3. The Bertz CT molecular complexity index is 2040. The first-order chi connectivity index (χ1) is 24.6. The molecule has 266 valence electrons. The average molecular weight is 718 g/mol. The van der Waals surface area contributed by atoms with E-state index in [0.29, 0.717) is 11.3 Å². The molecule has 51 heavy (non-hydrogen) atoms. The van der Waals surface area contributed by atoms with Gasteiger partial charge in [-0.05, 0) is 86.5 Å². The number of aliphatic hydroxyl groups is 3. The summed E-state index contributed by atoms with van der Waals surface area (Å²) >= 11 is 1.53. The SMILES string of the molecule is Cc1nc(-c2ccc(F)cc2)c(COc2ccc(-c3nc4cc(C(=O)OC5OC(C(=O)O)C(O)C(O)C5O)ccc4n3C3CCCCC3)cc2)s1. The summed E-state index contributed by atoms with van der Waals surface area (Å²) in [4.78, 5) is 35.2. The molecule has 0 bridgehead atoms. The maximum Gasteiger partial charge on any atom is 0.340 e. The van der Waals surface area contributed by atoms with Gasteiger partial charge < -0.3 is 39.2 Å². The lowest BCUT2D eigenvalue weighted by atomic mass is 9.95. The van der Waals surface area contributed by atoms with Gasteiger partial charge in [0.25, 0.3) is 0 Å². The summed E-state index contributed by atoms with van der Waals surface area (Å²) in [5, 5.41) is 40.6. The van der Waals surface area contributed by atoms with Crippen molar-refractivity contribution in [3.63, 3.8) is 0 Å². The second kappa shape index (κ2) is 14.5. The summed E-state index contributed by atoms with van der Waals surface area (Å²) in [6.07, 6.45) is -4.12. The van der Waals surface area contributed by atoms with E-state index in [1.165, 1.54) is 23.5 Å². The largest absolute Gasteiger partial charge is 0.488 e. The van der Waals surface area contributed by atoms with E-state index < -0.39 is 42.6 Å². The van der Waals surface area contributed by atoms with Gasteiger partial charge in [0.05, 0.1) is 32.2 Å². The van der Waals surface area contributed by atoms with Gasteiger partial charge in [-0.2, -0.15) is 0 Å². The normalized spacial score (nSPS) is 22.6. The van der Waals surface area contributed by atoms with Crippen LogP contribution in [0, 0.1) is 12.7 Å². The number of rotatable bonds is 9. The van der Waals surface area contributed by atoms with Gasteiger partial charge in [0.15, 0.2) is 6.10 Å². The van der Waals surface area contributed by atoms with Gasteiger partial charge in [0, 0.05) is 17.2 Å². The van der Waals surface area contributed by atoms with Gasteiger partial charge in [-0.15, -0.1) is 11.3 Å². The van der Waals surface area contributed by atoms with Crippen molar-refractivity contribution in [2.24, 2.45) is 0 Å². The predicted molar refractivity (Wildman–Crippen MR) is 184 cm³/mol. The molecule has 3 aromatic carbocycles. The van der Waals surface area contributed by atoms with Crippen LogP contribution < -0.4 is 4.74 Å². The number of halogens is 1. The molecule has 1 aliphatic carbocycles. The zero-order chi connectivity index (χ0) is 35.8. The number of aryl methyl sites for hydroxylation is 1. The van der Waals surface area contributed by atoms with E-state index in [1.807, 2.05) is 31.2 Å². The van der Waals surface area contributed by atoms with Gasteiger partial charge >= 0.3 is 11.9 Å². The van der Waals surface area contributed by atoms with Crippen LogP contribution >= 0.6 is 11.3 Å². The molecule has 1 saturated heterocycles. The Morgan fingerprint density at radius 2 is 1.63 bits per heavy atom. The number of nitrogens with zero attached hydrogens (tertiary/aromatic N) is 3. The predicted octanol–water partition coefficient (Wildman–Crippen LogP) is 5.41. The fourth-order valence-electron chi connectivity index (χ4n) is 6.71. The average Bonchev–Trinajstić information content (AvgIpc) is 3.71. The molecule has 7 rings (SSSR count). The third-order valence-electron chi connectivity index (χ3n) is 9.31. The Labute approximate surface area is 295 Å². The van der Waals surface area contributed by atoms with Crippen molar-refractivity contribution in [1.82, 2.24) is 14.5 Å². The molecular formula is C37H36FN3O9S. The molecule has 14 heteroatoms. The Balaban J connectivity index is 1.13. The fourth-order valence-corrected chi connectivity index (χ4v) is 7.58. The summed E-state index contributed by atoms with van der Waals surface area (Å²) < 4.78 is 32.3. The van der Waals surface area contributed by atoms with Crippen molar-refractivity contribution in [2.45, 2.75) is 82.4 Å². The van der Waals surface area contributed by atoms with E-state index in [0.717, 1.165) is 70.2 Å². The molecule has 0 radical (unpaired) electrons. The standard InChI is InChI=1S/C37H36FN3O9S/c1-19-39-29(20-7-12-23(38)13-8-20)28(51-19)18-48-25-14-9-21(10-15-25)34-40-26-17-22(11-16-27(26)41(34)24-5-3-2-4-6-24)36(47)50-37-32(44)30(42)31(43)33(49-37)35(45)46/h7-17,24,30-33,37,42-44H,2-6,18H2,1H3,(H,45,46). The molecule has 5 unspecified atom stereocenters. The Morgan fingerprint density at radius 1 is 0.922 bits per heavy atom. The fraction of sp³-hybridized carbons (Fsp3) is 0.351. The highest BCUT2D eigenvalue weighted by Gasteiger charge is 2.48. The number of benzene rings is 3. The first-order valence-corrected chi connectivity index (χ1v) is 17.5. The van der Waals surface area contributed by atoms with E-state index in [4.69, 9.17) is 19.2 Å². The molecular weight excluding hydrogens is 681 g/mol. The molecule has 3 heterocycles. The number of aliphatic hydroxyl groups excluding tert-OH is 3. The summed E-state index contributed by atoms with van der Waals surface area (Å²) in [7, 11) is 0. The number of imidazole rings is 1. The molecule has 0 spiro atoms. The van der Waals surface area contributed by atoms with Crippen LogP contribution in [0.5, 0.6) is 5.75 Å². The number of aromatic nitrogens is 3. The first kappa shape index (κ1) is 34.7. The smallest absolute Gasteiger partial charge is 0.340 e. The van der Waals surface area contributed by atoms with Crippen LogP contribution in [-0.4, -0.2) is 77.6 Å². The van der Waals surface area contributed by atoms with E-state index in [2.05, 4.69) is 9.55 Å². The molecule has 12 nitrogen and oxygen atoms in total. The van der Waals surface area contributed by atoms with Crippen LogP contribution in [0.15, 0.2) is 66.7 Å². The number of ether oxygens (including phenoxy) is 3. The van der Waals surface area contributed by atoms with Crippen LogP contribution in [0.4, 0.5) is 4.39 Å². The molecule has 5 aromatic rings. The molecule has 2 aromatic heterocycles. The van der Waals surface area contributed by atoms with Crippen LogP contribution in [0.2, 0.25) is 0 Å². The van der Waals surface area contributed by atoms with Gasteiger partial charge in [0.1, 0.15) is 42.3 Å². The third kappa shape index (κ3) is 7.10. The van der Waals surface area contributed by atoms with E-state index in [9.17, 15) is 34.4 Å². The maximum absolute atomic E-state index is 13.5. The maximum atomic E-state index is 13.5. The van der Waals surface area contributed by atoms with Crippen LogP contribution in [0.25, 0.3) is 33.7 Å². The van der Waals surface area contributed by atoms with E-state index >= 15 is 0 Å². The van der Waals surface area contributed by atoms with E-state index in [1.54, 1.807) is 30.3 Å². The van der Waals surface area contributed by atoms with Crippen molar-refractivity contribution >= 4 is 34.3 Å². The number of fused-ring (bicyclic) bond motifs is 1. The highest BCUT2D eigenvalue weighted by Crippen LogP contribution is 2.37. The van der Waals surface area contributed by atoms with Crippen LogP contribution in [0.1, 0.15) is 58.4 Å². The quantitative estimate of drug-likeness (QED) is 0.144. The molecule has 1 saturated carbocycles. The van der Waals surface area contributed by atoms with E-state index in [-0.39, 0.29) is 24.0 Å². The number of hydrogen-bond donors (Lipinski definition) is 4. The Kier molecular flexibility index (Phi) is 9.86. The molecule has 0 amide bonds. The summed E-state index contributed by atoms with van der Waals surface area (Å²) in [6.45, 7) is 2.21. The Hall–Kier alpha value is -4.73. The number of hydrogen-bond acceptors (Lipinski definition) is 11. The molecule has 4 N–H and O–H groups in total. The molecule has 2 aliphatic rings. The molecule has 5 atom stereocenters. The van der Waals surface area contributed by atoms with Crippen molar-refractivity contribution in [3.05, 3.63) is 88.0 Å². The first-order valence-electron chi connectivity index (χ1n) is 16.7. The van der Waals surface area contributed by atoms with Gasteiger partial charge in [-0.3, -0.25) is 0 Å². The number of thiazole rings is 1. The minimum absolute atomic E-state index is 0.0766. The minimum atomic E-state index is -1.91. The molecule has 2 fully saturated rings. The number of carbonyl (C=O) groups excluding carboxylic acids is 1. The number of aliphatic carboxylic acids is 1. The summed E-state index contributed by atoms with van der Waals surface area (Å²) in [5.74, 6) is -1.45. The number of carbonyl (C=O) groups is 2. The molecule has 1 aliphatic heterocycles. The minimum Gasteiger partial charge on any atom is -0.488 e. The van der Waals surface area contributed by atoms with Crippen LogP contribution in [0.3, 0.4) is 0 Å². The van der Waals surface area contributed by atoms with Crippen molar-refractivity contribution in [3.8, 4) is 28.4 Å². The third-order valence-corrected chi connectivity index (χ3v) is 10.2. The second-order valence-corrected chi connectivity index (χ2v) is 14.1. The van der Waals surface area contributed by atoms with Crippen molar-refractivity contribution < 1.29 is 48.6 Å². The number of esters is 1. The highest BCUT2D eigenvalue weighted by molar-refractivity contribution is 7.12. The summed E-state index contributed by atoms with van der Waals surface area (Å²) in [5.41, 5.74) is 3.86. The lowest BCUT2D eigenvalue weighted by Gasteiger charge is -2.37. The van der Waals surface area contributed by atoms with Gasteiger partial charge in [-0.1, -0.05) is 19.3 Å². The van der Waals surface area contributed by atoms with Gasteiger partial charge in [0.2, 0.25) is 6.29 Å². The second-order valence-electron chi connectivity index (χ2n) is 12.8. The zero-order valence-electron chi connectivity index (χ0n) is 27.5. The Morgan fingerprint density at radius 3 is 2.33 bits per heavy atom. The summed E-state index contributed by atoms with van der Waals surface area (Å²) in [6, 6.07) is 18.9. The number of carboxylic acid groups (broad SMARTS) is 1. The van der Waals surface area contributed by atoms with Crippen molar-refractivity contribution in [1.29, 1.82) is 0 Å². The monoisotopic (exact) mass is 717 g/mol. The van der Waals surface area contributed by atoms with Gasteiger partial charge in [-0.25, -0.2) is 23.9 Å². The topological polar surface area (TPSA) is 173 Å². The van der Waals surface area contributed by atoms with Crippen molar-refractivity contribution in [2.75, 3.05) is 0 Å². The number of carboxylic acids is 1. The lowest BCUT2D eigenvalue weighted by molar-refractivity contribution is -0.278. The highest BCUT2D eigenvalue weighted by atomic mass is 32.1.